The zero-order valence-electron chi connectivity index (χ0n) is 22.7. The zero-order valence-corrected chi connectivity index (χ0v) is 25.0. The minimum Gasteiger partial charge on any atom is -0.495 e. The van der Waals surface area contributed by atoms with Crippen molar-refractivity contribution in [2.24, 2.45) is 0 Å². The number of carbonyl (C=O) groups is 2. The lowest BCUT2D eigenvalue weighted by Gasteiger charge is -2.31. The lowest BCUT2D eigenvalue weighted by Crippen LogP contribution is -2.50. The molecule has 2 aromatic carbocycles. The van der Waals surface area contributed by atoms with Crippen LogP contribution in [-0.2, 0) is 26.2 Å². The lowest BCUT2D eigenvalue weighted by molar-refractivity contribution is -0.141. The third-order valence-electron chi connectivity index (χ3n) is 6.99. The average molecular weight is 599 g/mol. The maximum Gasteiger partial charge on any atom is 0.242 e. The van der Waals surface area contributed by atoms with Gasteiger partial charge in [-0.3, -0.25) is 13.9 Å². The highest BCUT2D eigenvalue weighted by molar-refractivity contribution is 7.92. The van der Waals surface area contributed by atoms with Gasteiger partial charge in [-0.2, -0.15) is 0 Å². The number of nitrogens with zero attached hydrogens (tertiary/aromatic N) is 2. The molecule has 0 unspecified atom stereocenters. The van der Waals surface area contributed by atoms with Crippen molar-refractivity contribution in [2.75, 3.05) is 24.2 Å². The number of hydrogen-bond acceptors (Lipinski definition) is 5. The fourth-order valence-electron chi connectivity index (χ4n) is 4.78. The summed E-state index contributed by atoms with van der Waals surface area (Å²) in [5, 5.41) is 3.90. The first kappa shape index (κ1) is 31.0. The fourth-order valence-corrected chi connectivity index (χ4v) is 6.18. The summed E-state index contributed by atoms with van der Waals surface area (Å²) in [7, 11) is -2.17. The van der Waals surface area contributed by atoms with Crippen LogP contribution >= 0.6 is 23.2 Å². The molecule has 0 heterocycles. The number of halogens is 2. The molecule has 11 heteroatoms. The van der Waals surface area contributed by atoms with E-state index in [1.165, 1.54) is 28.8 Å². The van der Waals surface area contributed by atoms with Gasteiger partial charge in [-0.15, -0.1) is 0 Å². The highest BCUT2D eigenvalue weighted by atomic mass is 35.5. The van der Waals surface area contributed by atoms with E-state index in [4.69, 9.17) is 27.9 Å². The Morgan fingerprint density at radius 3 is 2.38 bits per heavy atom. The zero-order chi connectivity index (χ0) is 28.6. The normalized spacial score (nSPS) is 14.9. The second kappa shape index (κ2) is 14.2. The number of rotatable bonds is 12. The van der Waals surface area contributed by atoms with Gasteiger partial charge in [0.15, 0.2) is 0 Å². The Morgan fingerprint density at radius 2 is 1.77 bits per heavy atom. The van der Waals surface area contributed by atoms with Gasteiger partial charge in [0.25, 0.3) is 0 Å². The average Bonchev–Trinajstić information content (AvgIpc) is 2.90. The number of hydrogen-bond donors (Lipinski definition) is 1. The third-order valence-corrected chi connectivity index (χ3v) is 8.85. The first-order valence-electron chi connectivity index (χ1n) is 13.2. The maximum atomic E-state index is 13.5. The molecular formula is C28H37Cl2N3O5S. The number of amides is 2. The summed E-state index contributed by atoms with van der Waals surface area (Å²) in [5.74, 6) is -0.0323. The number of nitrogens with one attached hydrogen (secondary N) is 1. The fraction of sp³-hybridized carbons (Fsp3) is 0.500. The second-order valence-electron chi connectivity index (χ2n) is 9.89. The molecule has 2 aromatic rings. The van der Waals surface area contributed by atoms with Gasteiger partial charge in [-0.25, -0.2) is 8.42 Å². The van der Waals surface area contributed by atoms with Gasteiger partial charge in [-0.1, -0.05) is 60.7 Å². The molecule has 0 bridgehead atoms. The Hall–Kier alpha value is -2.49. The van der Waals surface area contributed by atoms with Gasteiger partial charge in [0.05, 0.1) is 24.1 Å². The van der Waals surface area contributed by atoms with Gasteiger partial charge in [-0.05, 0) is 56.0 Å². The van der Waals surface area contributed by atoms with Crippen LogP contribution in [0.3, 0.4) is 0 Å². The van der Waals surface area contributed by atoms with Crippen LogP contribution in [0.25, 0.3) is 0 Å². The first-order chi connectivity index (χ1) is 18.5. The molecule has 1 fully saturated rings. The molecule has 0 aliphatic heterocycles. The third kappa shape index (κ3) is 8.75. The van der Waals surface area contributed by atoms with Crippen LogP contribution < -0.4 is 14.4 Å². The van der Waals surface area contributed by atoms with Gasteiger partial charge >= 0.3 is 0 Å². The molecule has 39 heavy (non-hydrogen) atoms. The molecule has 1 atom stereocenters. The van der Waals surface area contributed by atoms with E-state index < -0.39 is 16.1 Å². The highest BCUT2D eigenvalue weighted by Crippen LogP contribution is 2.30. The molecule has 0 spiro atoms. The Labute approximate surface area is 241 Å². The summed E-state index contributed by atoms with van der Waals surface area (Å²) in [6.07, 6.45) is 6.60. The van der Waals surface area contributed by atoms with Crippen LogP contribution in [0.1, 0.15) is 57.4 Å². The Kier molecular flexibility index (Phi) is 11.3. The molecule has 8 nitrogen and oxygen atoms in total. The van der Waals surface area contributed by atoms with Crippen molar-refractivity contribution < 1.29 is 22.7 Å². The molecular weight excluding hydrogens is 561 g/mol. The van der Waals surface area contributed by atoms with E-state index in [0.717, 1.165) is 37.5 Å². The van der Waals surface area contributed by atoms with Crippen LogP contribution in [0.4, 0.5) is 5.69 Å². The van der Waals surface area contributed by atoms with Crippen LogP contribution in [0.2, 0.25) is 10.0 Å². The van der Waals surface area contributed by atoms with Crippen LogP contribution in [0, 0.1) is 0 Å². The molecule has 1 aliphatic rings. The van der Waals surface area contributed by atoms with E-state index in [-0.39, 0.29) is 48.8 Å². The van der Waals surface area contributed by atoms with E-state index in [2.05, 4.69) is 5.32 Å². The first-order valence-corrected chi connectivity index (χ1v) is 15.8. The predicted octanol–water partition coefficient (Wildman–Crippen LogP) is 5.41. The summed E-state index contributed by atoms with van der Waals surface area (Å²) < 4.78 is 31.5. The van der Waals surface area contributed by atoms with E-state index in [0.29, 0.717) is 16.5 Å². The van der Waals surface area contributed by atoms with E-state index in [9.17, 15) is 18.0 Å². The van der Waals surface area contributed by atoms with Crippen LogP contribution in [0.15, 0.2) is 42.5 Å². The van der Waals surface area contributed by atoms with Gasteiger partial charge in [0.2, 0.25) is 21.8 Å². The van der Waals surface area contributed by atoms with Gasteiger partial charge < -0.3 is 15.0 Å². The van der Waals surface area contributed by atoms with E-state index in [1.54, 1.807) is 25.1 Å². The highest BCUT2D eigenvalue weighted by Gasteiger charge is 2.29. The predicted molar refractivity (Wildman–Crippen MR) is 156 cm³/mol. The summed E-state index contributed by atoms with van der Waals surface area (Å²) >= 11 is 12.6. The SMILES string of the molecule is COc1ccc(N(CCCC(=O)N(Cc2ccccc2Cl)[C@H](C)C(=O)NC2CCCCC2)S(C)(=O)=O)cc1Cl. The van der Waals surface area contributed by atoms with Crippen LogP contribution in [-0.4, -0.2) is 57.1 Å². The van der Waals surface area contributed by atoms with Crippen molar-refractivity contribution in [3.8, 4) is 5.75 Å². The second-order valence-corrected chi connectivity index (χ2v) is 12.6. The quantitative estimate of drug-likeness (QED) is 0.352. The summed E-state index contributed by atoms with van der Waals surface area (Å²) in [6, 6.07) is 11.3. The molecule has 2 amide bonds. The van der Waals surface area contributed by atoms with Crippen molar-refractivity contribution in [1.82, 2.24) is 10.2 Å². The summed E-state index contributed by atoms with van der Waals surface area (Å²) in [5.41, 5.74) is 1.11. The number of benzene rings is 2. The van der Waals surface area contributed by atoms with Crippen molar-refractivity contribution >= 4 is 50.7 Å². The summed E-state index contributed by atoms with van der Waals surface area (Å²) in [4.78, 5) is 28.2. The number of anilines is 1. The number of sulfonamides is 1. The number of ether oxygens (including phenoxy) is 1. The van der Waals surface area contributed by atoms with E-state index in [1.807, 2.05) is 18.2 Å². The Balaban J connectivity index is 1.74. The minimum absolute atomic E-state index is 0.0431. The largest absolute Gasteiger partial charge is 0.495 e. The number of methoxy groups -OCH3 is 1. The molecule has 0 radical (unpaired) electrons. The van der Waals surface area contributed by atoms with E-state index >= 15 is 0 Å². The molecule has 0 saturated heterocycles. The van der Waals surface area contributed by atoms with Crippen LogP contribution in [0.5, 0.6) is 5.75 Å². The van der Waals surface area contributed by atoms with Crippen molar-refractivity contribution in [1.29, 1.82) is 0 Å². The molecule has 3 rings (SSSR count). The van der Waals surface area contributed by atoms with Crippen molar-refractivity contribution in [3.63, 3.8) is 0 Å². The number of carbonyl (C=O) groups excluding carboxylic acids is 2. The Morgan fingerprint density at radius 1 is 1.08 bits per heavy atom. The monoisotopic (exact) mass is 597 g/mol. The standard InChI is InChI=1S/C28H37Cl2N3O5S/c1-20(28(35)31-22-11-5-4-6-12-22)32(19-21-10-7-8-13-24(21)29)27(34)14-9-17-33(39(3,36)37)23-15-16-26(38-2)25(30)18-23/h7-8,10,13,15-16,18,20,22H,4-6,9,11-12,14,17,19H2,1-3H3,(H,31,35)/t20-/m1/s1. The van der Waals surface area contributed by atoms with Gasteiger partial charge in [0, 0.05) is 30.6 Å². The Bertz CT molecular complexity index is 1250. The molecule has 1 aliphatic carbocycles. The lowest BCUT2D eigenvalue weighted by atomic mass is 9.95. The molecule has 1 N–H and O–H groups in total. The van der Waals surface area contributed by atoms with Gasteiger partial charge in [0.1, 0.15) is 11.8 Å². The summed E-state index contributed by atoms with van der Waals surface area (Å²) in [6.45, 7) is 1.95. The maximum absolute atomic E-state index is 13.5. The van der Waals surface area contributed by atoms with Crippen molar-refractivity contribution in [3.05, 3.63) is 58.1 Å². The minimum atomic E-state index is -3.65. The molecule has 214 valence electrons. The molecule has 0 aromatic heterocycles. The topological polar surface area (TPSA) is 96.0 Å². The smallest absolute Gasteiger partial charge is 0.242 e. The van der Waals surface area contributed by atoms with Crippen molar-refractivity contribution in [2.45, 2.75) is 70.5 Å². The molecule has 1 saturated carbocycles.